The summed E-state index contributed by atoms with van der Waals surface area (Å²) >= 11 is 0. The summed E-state index contributed by atoms with van der Waals surface area (Å²) in [6, 6.07) is 0. The van der Waals surface area contributed by atoms with E-state index in [2.05, 4.69) is 39.5 Å². The summed E-state index contributed by atoms with van der Waals surface area (Å²) in [4.78, 5) is 60.9. The highest BCUT2D eigenvalue weighted by molar-refractivity contribution is 5.88. The lowest BCUT2D eigenvalue weighted by molar-refractivity contribution is -0.154. The van der Waals surface area contributed by atoms with Crippen molar-refractivity contribution in [3.05, 3.63) is 72.9 Å². The molecule has 0 bridgehead atoms. The highest BCUT2D eigenvalue weighted by Crippen LogP contribution is 2.18. The average molecular weight is 889 g/mol. The Kier molecular flexibility index (Phi) is 46.5. The number of aliphatic hydroxyl groups is 10. The van der Waals surface area contributed by atoms with Crippen LogP contribution >= 0.6 is 0 Å². The highest BCUT2D eigenvalue weighted by atomic mass is 16.6. The van der Waals surface area contributed by atoms with Crippen LogP contribution < -0.4 is 0 Å². The van der Waals surface area contributed by atoms with Crippen LogP contribution in [0, 0.1) is 16.2 Å². The monoisotopic (exact) mass is 888 g/mol. The van der Waals surface area contributed by atoms with Crippen LogP contribution in [0.25, 0.3) is 0 Å². The summed E-state index contributed by atoms with van der Waals surface area (Å²) < 4.78 is 9.74. The number of hydrogen-bond donors (Lipinski definition) is 14. The molecule has 356 valence electrons. The summed E-state index contributed by atoms with van der Waals surface area (Å²) in [5.74, 6) is -5.02. The number of aliphatic hydroxyl groups excluding tert-OH is 10. The van der Waals surface area contributed by atoms with E-state index >= 15 is 0 Å². The number of carbonyl (C=O) groups is 6. The van der Waals surface area contributed by atoms with Gasteiger partial charge < -0.3 is 81.0 Å². The Labute approximate surface area is 355 Å². The van der Waals surface area contributed by atoms with Gasteiger partial charge in [-0.3, -0.25) is 0 Å². The van der Waals surface area contributed by atoms with E-state index in [1.54, 1.807) is 0 Å². The van der Waals surface area contributed by atoms with Gasteiger partial charge in [-0.05, 0) is 41.5 Å². The van der Waals surface area contributed by atoms with E-state index in [1.807, 2.05) is 0 Å². The van der Waals surface area contributed by atoms with Crippen molar-refractivity contribution in [2.75, 3.05) is 79.3 Å². The van der Waals surface area contributed by atoms with Crippen molar-refractivity contribution in [1.82, 2.24) is 0 Å². The second-order valence-corrected chi connectivity index (χ2v) is 13.1. The number of ether oxygens (including phenoxy) is 2. The molecule has 0 aromatic carbocycles. The molecule has 0 spiro atoms. The van der Waals surface area contributed by atoms with Gasteiger partial charge in [-0.2, -0.15) is 0 Å². The fourth-order valence-electron chi connectivity index (χ4n) is 1.56. The normalized spacial score (nSPS) is 9.84. The lowest BCUT2D eigenvalue weighted by Crippen LogP contribution is -2.41. The van der Waals surface area contributed by atoms with E-state index in [4.69, 9.17) is 70.8 Å². The van der Waals surface area contributed by atoms with Gasteiger partial charge in [-0.15, -0.1) is 0 Å². The topological polar surface area (TPSA) is 404 Å². The molecule has 0 aromatic rings. The van der Waals surface area contributed by atoms with Crippen molar-refractivity contribution in [2.45, 2.75) is 41.5 Å². The zero-order valence-corrected chi connectivity index (χ0v) is 35.8. The second-order valence-electron chi connectivity index (χ2n) is 13.1. The molecule has 22 nitrogen and oxygen atoms in total. The molecule has 0 saturated heterocycles. The molecule has 0 aromatic heterocycles. The third-order valence-corrected chi connectivity index (χ3v) is 6.53. The van der Waals surface area contributed by atoms with Crippen molar-refractivity contribution in [3.8, 4) is 0 Å². The fourth-order valence-corrected chi connectivity index (χ4v) is 1.56. The minimum absolute atomic E-state index is 0.176. The zero-order chi connectivity index (χ0) is 50.3. The van der Waals surface area contributed by atoms with E-state index in [0.717, 1.165) is 0 Å². The molecule has 0 aliphatic heterocycles. The van der Waals surface area contributed by atoms with Crippen molar-refractivity contribution in [3.63, 3.8) is 0 Å². The highest BCUT2D eigenvalue weighted by Gasteiger charge is 2.33. The molecule has 22 heteroatoms. The molecule has 0 aliphatic rings. The number of hydrogen-bond acceptors (Lipinski definition) is 18. The van der Waals surface area contributed by atoms with Crippen molar-refractivity contribution >= 4 is 35.8 Å². The summed E-state index contributed by atoms with van der Waals surface area (Å²) in [7, 11) is 0. The molecular weight excluding hydrogens is 820 g/mol. The van der Waals surface area contributed by atoms with Gasteiger partial charge in [0, 0.05) is 33.4 Å². The lowest BCUT2D eigenvalue weighted by atomic mass is 9.92. The molecular formula is C39H68O22. The predicted octanol–water partition coefficient (Wildman–Crippen LogP) is -1.33. The van der Waals surface area contributed by atoms with Gasteiger partial charge >= 0.3 is 35.8 Å². The number of rotatable bonds is 20. The number of carboxylic acid groups (broad SMARTS) is 4. The van der Waals surface area contributed by atoms with Gasteiger partial charge in [0.2, 0.25) is 0 Å². The first-order chi connectivity index (χ1) is 27.8. The lowest BCUT2D eigenvalue weighted by Gasteiger charge is -2.28. The third kappa shape index (κ3) is 41.4. The summed E-state index contributed by atoms with van der Waals surface area (Å²) in [6.45, 7) is 23.4. The Morgan fingerprint density at radius 3 is 0.525 bits per heavy atom. The van der Waals surface area contributed by atoms with Crippen LogP contribution in [0.4, 0.5) is 0 Å². The Morgan fingerprint density at radius 1 is 0.328 bits per heavy atom. The molecule has 0 aliphatic carbocycles. The predicted molar refractivity (Wildman–Crippen MR) is 220 cm³/mol. The standard InChI is InChI=1S/C13H20O6.2C5H12O4.4C4H6O2/c1-9(2)11(16)18-7-13(5-14,6-15)8-19-12(17)10(3)4;2*6-1-5(2-7,3-8)4-9;4*1-3(2)4(5)6/h14-15H,1,3,5-8H2,2,4H3;2*6-9H,1-4H2;4*1H2,2H3,(H,5,6). The minimum atomic E-state index is -1.24. The van der Waals surface area contributed by atoms with Crippen LogP contribution in [0.2, 0.25) is 0 Å². The van der Waals surface area contributed by atoms with E-state index in [-0.39, 0.29) is 46.7 Å². The quantitative estimate of drug-likeness (QED) is 0.0497. The maximum absolute atomic E-state index is 11.3. The fraction of sp³-hybridized carbons (Fsp3) is 0.538. The Morgan fingerprint density at radius 2 is 0.459 bits per heavy atom. The summed E-state index contributed by atoms with van der Waals surface area (Å²) in [5.41, 5.74) is -2.36. The van der Waals surface area contributed by atoms with E-state index in [9.17, 15) is 39.0 Å². The molecule has 0 unspecified atom stereocenters. The molecule has 61 heavy (non-hydrogen) atoms. The van der Waals surface area contributed by atoms with E-state index in [0.29, 0.717) is 0 Å². The van der Waals surface area contributed by atoms with Crippen molar-refractivity contribution in [2.24, 2.45) is 16.2 Å². The number of carbonyl (C=O) groups excluding carboxylic acids is 2. The van der Waals surface area contributed by atoms with Gasteiger partial charge in [0.25, 0.3) is 0 Å². The van der Waals surface area contributed by atoms with Crippen molar-refractivity contribution in [1.29, 1.82) is 0 Å². The van der Waals surface area contributed by atoms with E-state index < -0.39 is 118 Å². The summed E-state index contributed by atoms with van der Waals surface area (Å²) in [5, 5.41) is 118. The van der Waals surface area contributed by atoms with Crippen LogP contribution in [0.5, 0.6) is 0 Å². The maximum Gasteiger partial charge on any atom is 0.333 e. The first kappa shape index (κ1) is 70.4. The molecule has 0 saturated carbocycles. The van der Waals surface area contributed by atoms with Gasteiger partial charge in [-0.1, -0.05) is 39.5 Å². The van der Waals surface area contributed by atoms with Crippen LogP contribution in [0.15, 0.2) is 72.9 Å². The van der Waals surface area contributed by atoms with Gasteiger partial charge in [0.05, 0.1) is 82.3 Å². The van der Waals surface area contributed by atoms with Crippen molar-refractivity contribution < 1.29 is 110 Å². The molecule has 0 radical (unpaired) electrons. The zero-order valence-electron chi connectivity index (χ0n) is 35.8. The smallest absolute Gasteiger partial charge is 0.333 e. The van der Waals surface area contributed by atoms with Crippen LogP contribution in [0.1, 0.15) is 41.5 Å². The number of esters is 2. The van der Waals surface area contributed by atoms with Crippen LogP contribution in [-0.4, -0.2) is 187 Å². The van der Waals surface area contributed by atoms with Gasteiger partial charge in [0.1, 0.15) is 13.2 Å². The summed E-state index contributed by atoms with van der Waals surface area (Å²) in [6.07, 6.45) is 0. The minimum Gasteiger partial charge on any atom is -0.478 e. The van der Waals surface area contributed by atoms with E-state index in [1.165, 1.54) is 41.5 Å². The first-order valence-corrected chi connectivity index (χ1v) is 17.1. The maximum atomic E-state index is 11.3. The molecule has 0 fully saturated rings. The molecule has 0 rings (SSSR count). The largest absolute Gasteiger partial charge is 0.478 e. The Balaban J connectivity index is -0.000000119. The third-order valence-electron chi connectivity index (χ3n) is 6.53. The SMILES string of the molecule is C=C(C)C(=O)O.C=C(C)C(=O)O.C=C(C)C(=O)O.C=C(C)C(=O)O.C=C(C)C(=O)OCC(CO)(CO)COC(=O)C(=C)C.OCC(CO)(CO)CO.OCC(CO)(CO)CO. The van der Waals surface area contributed by atoms with Crippen LogP contribution in [0.3, 0.4) is 0 Å². The van der Waals surface area contributed by atoms with Crippen LogP contribution in [-0.2, 0) is 38.2 Å². The molecule has 0 amide bonds. The van der Waals surface area contributed by atoms with Gasteiger partial charge in [-0.25, -0.2) is 28.8 Å². The Bertz CT molecular complexity index is 1150. The first-order valence-electron chi connectivity index (χ1n) is 17.1. The molecule has 0 atom stereocenters. The van der Waals surface area contributed by atoms with Gasteiger partial charge in [0.15, 0.2) is 0 Å². The Hall–Kier alpha value is -5.14. The average Bonchev–Trinajstić information content (AvgIpc) is 3.21. The second kappa shape index (κ2) is 40.3. The molecule has 14 N–H and O–H groups in total. The molecule has 0 heterocycles. The number of aliphatic carboxylic acids is 4. The number of carboxylic acids is 4.